The summed E-state index contributed by atoms with van der Waals surface area (Å²) in [6.45, 7) is 2.55. The van der Waals surface area contributed by atoms with Gasteiger partial charge in [0.15, 0.2) is 0 Å². The van der Waals surface area contributed by atoms with Gasteiger partial charge in [0, 0.05) is 58.8 Å². The lowest BCUT2D eigenvalue weighted by Gasteiger charge is -2.38. The fraction of sp³-hybridized carbons (Fsp3) is 0.519. The number of hydrogen-bond acceptors (Lipinski definition) is 4. The van der Waals surface area contributed by atoms with E-state index in [9.17, 15) is 10.1 Å². The van der Waals surface area contributed by atoms with Crippen LogP contribution in [0.4, 0.5) is 0 Å². The van der Waals surface area contributed by atoms with Crippen LogP contribution in [0.15, 0.2) is 33.3 Å². The monoisotopic (exact) mass is 619 g/mol. The van der Waals surface area contributed by atoms with E-state index in [1.54, 1.807) is 0 Å². The zero-order chi connectivity index (χ0) is 24.6. The highest BCUT2D eigenvalue weighted by Gasteiger charge is 2.39. The molecule has 3 heterocycles. The van der Waals surface area contributed by atoms with Crippen molar-refractivity contribution in [3.05, 3.63) is 60.7 Å². The fourth-order valence-corrected chi connectivity index (χ4v) is 7.50. The van der Waals surface area contributed by atoms with Crippen LogP contribution in [0.5, 0.6) is 0 Å². The zero-order valence-electron chi connectivity index (χ0n) is 19.5. The van der Waals surface area contributed by atoms with Crippen molar-refractivity contribution in [1.82, 2.24) is 9.88 Å². The van der Waals surface area contributed by atoms with E-state index in [2.05, 4.69) is 50.1 Å². The highest BCUT2D eigenvalue weighted by Crippen LogP contribution is 2.46. The van der Waals surface area contributed by atoms with Gasteiger partial charge >= 0.3 is 0 Å². The van der Waals surface area contributed by atoms with Gasteiger partial charge in [-0.3, -0.25) is 9.78 Å². The number of amides is 1. The number of aromatic nitrogens is 1. The second-order valence-electron chi connectivity index (χ2n) is 10.0. The average Bonchev–Trinajstić information content (AvgIpc) is 3.01. The van der Waals surface area contributed by atoms with Gasteiger partial charge in [-0.25, -0.2) is 0 Å². The molecule has 35 heavy (non-hydrogen) atoms. The molecule has 1 atom stereocenters. The number of hydrogen-bond donors (Lipinski definition) is 0. The molecule has 1 amide bonds. The number of halogens is 3. The quantitative estimate of drug-likeness (QED) is 0.396. The Kier molecular flexibility index (Phi) is 7.56. The lowest BCUT2D eigenvalue weighted by Crippen LogP contribution is -2.43. The number of carbonyl (C=O) groups excluding carboxylic acids is 1. The molecule has 1 aliphatic carbocycles. The van der Waals surface area contributed by atoms with E-state index in [1.165, 1.54) is 16.7 Å². The third kappa shape index (κ3) is 5.18. The Labute approximate surface area is 228 Å². The van der Waals surface area contributed by atoms with Crippen molar-refractivity contribution in [2.24, 2.45) is 11.3 Å². The van der Waals surface area contributed by atoms with Gasteiger partial charge in [-0.2, -0.15) is 5.26 Å². The lowest BCUT2D eigenvalue weighted by molar-refractivity contribution is -0.135. The summed E-state index contributed by atoms with van der Waals surface area (Å²) in [5.74, 6) is 0.623. The molecule has 0 spiro atoms. The van der Waals surface area contributed by atoms with Gasteiger partial charge in [0.25, 0.3) is 0 Å². The molecule has 5 rings (SSSR count). The third-order valence-electron chi connectivity index (χ3n) is 7.96. The van der Waals surface area contributed by atoms with Crippen LogP contribution in [0, 0.1) is 22.7 Å². The van der Waals surface area contributed by atoms with Crippen molar-refractivity contribution >= 4 is 49.4 Å². The van der Waals surface area contributed by atoms with Crippen LogP contribution in [-0.4, -0.2) is 42.1 Å². The Morgan fingerprint density at radius 2 is 1.89 bits per heavy atom. The standard InChI is InChI=1S/C27H28Br2ClN3O2/c28-20-11-19-2-1-18-12-21(30)13-22(29)24(18)25(26(19)32-15-20)17-3-7-33(8-4-17)23(34)14-27(16-31)5-9-35-10-6-27/h11-13,15,17,25H,1-10,14H2/t25-/m1/s1. The fourth-order valence-electron chi connectivity index (χ4n) is 6.00. The molecule has 0 radical (unpaired) electrons. The first kappa shape index (κ1) is 25.2. The van der Waals surface area contributed by atoms with Crippen molar-refractivity contribution in [3.63, 3.8) is 0 Å². The van der Waals surface area contributed by atoms with Gasteiger partial charge in [0.1, 0.15) is 0 Å². The molecule has 1 aromatic carbocycles. The van der Waals surface area contributed by atoms with E-state index in [1.807, 2.05) is 17.2 Å². The number of benzene rings is 1. The minimum absolute atomic E-state index is 0.101. The van der Waals surface area contributed by atoms with E-state index in [-0.39, 0.29) is 11.8 Å². The van der Waals surface area contributed by atoms with E-state index in [0.717, 1.165) is 45.3 Å². The van der Waals surface area contributed by atoms with Gasteiger partial charge < -0.3 is 9.64 Å². The van der Waals surface area contributed by atoms with Gasteiger partial charge in [0.05, 0.1) is 17.2 Å². The van der Waals surface area contributed by atoms with Crippen LogP contribution < -0.4 is 0 Å². The highest BCUT2D eigenvalue weighted by molar-refractivity contribution is 9.10. The van der Waals surface area contributed by atoms with E-state index >= 15 is 0 Å². The first-order valence-corrected chi connectivity index (χ1v) is 14.2. The molecule has 0 unspecified atom stereocenters. The number of carbonyl (C=O) groups is 1. The summed E-state index contributed by atoms with van der Waals surface area (Å²) in [6, 6.07) is 8.73. The number of nitrogens with zero attached hydrogens (tertiary/aromatic N) is 3. The average molecular weight is 622 g/mol. The molecule has 2 aliphatic heterocycles. The summed E-state index contributed by atoms with van der Waals surface area (Å²) in [6.07, 6.45) is 7.14. The molecular weight excluding hydrogens is 594 g/mol. The summed E-state index contributed by atoms with van der Waals surface area (Å²) in [7, 11) is 0. The van der Waals surface area contributed by atoms with E-state index in [4.69, 9.17) is 21.3 Å². The Morgan fingerprint density at radius 3 is 2.60 bits per heavy atom. The highest BCUT2D eigenvalue weighted by atomic mass is 79.9. The number of likely N-dealkylation sites (tertiary alicyclic amines) is 1. The van der Waals surface area contributed by atoms with Crippen LogP contribution in [0.3, 0.4) is 0 Å². The van der Waals surface area contributed by atoms with Gasteiger partial charge in [-0.05, 0) is 95.3 Å². The topological polar surface area (TPSA) is 66.2 Å². The molecule has 0 N–H and O–H groups in total. The molecular formula is C27H28Br2ClN3O2. The number of nitriles is 1. The van der Waals surface area contributed by atoms with Gasteiger partial charge in [0.2, 0.25) is 5.91 Å². The predicted octanol–water partition coefficient (Wildman–Crippen LogP) is 6.44. The summed E-state index contributed by atoms with van der Waals surface area (Å²) in [4.78, 5) is 20.1. The summed E-state index contributed by atoms with van der Waals surface area (Å²) in [5, 5.41) is 10.5. The summed E-state index contributed by atoms with van der Waals surface area (Å²) in [5.41, 5.74) is 4.41. The number of ether oxygens (including phenoxy) is 1. The SMILES string of the molecule is N#CC1(CC(=O)N2CCC([C@H]3c4ncc(Br)cc4CCc4cc(Cl)cc(Br)c43)CC2)CCOCC1. The summed E-state index contributed by atoms with van der Waals surface area (Å²) < 4.78 is 7.47. The first-order valence-electron chi connectivity index (χ1n) is 12.3. The summed E-state index contributed by atoms with van der Waals surface area (Å²) >= 11 is 13.9. The Morgan fingerprint density at radius 1 is 1.17 bits per heavy atom. The molecule has 2 saturated heterocycles. The van der Waals surface area contributed by atoms with Crippen molar-refractivity contribution in [2.75, 3.05) is 26.3 Å². The van der Waals surface area contributed by atoms with Gasteiger partial charge in [-0.1, -0.05) is 27.5 Å². The largest absolute Gasteiger partial charge is 0.381 e. The number of rotatable bonds is 3. The third-order valence-corrected chi connectivity index (χ3v) is 9.27. The molecule has 5 nitrogen and oxygen atoms in total. The predicted molar refractivity (Wildman–Crippen MR) is 142 cm³/mol. The maximum Gasteiger partial charge on any atom is 0.224 e. The first-order chi connectivity index (χ1) is 16.9. The zero-order valence-corrected chi connectivity index (χ0v) is 23.5. The minimum Gasteiger partial charge on any atom is -0.381 e. The smallest absolute Gasteiger partial charge is 0.224 e. The van der Waals surface area contributed by atoms with Crippen molar-refractivity contribution in [2.45, 2.75) is 50.9 Å². The number of aryl methyl sites for hydroxylation is 2. The molecule has 1 aromatic heterocycles. The Balaban J connectivity index is 1.38. The van der Waals surface area contributed by atoms with E-state index < -0.39 is 5.41 Å². The van der Waals surface area contributed by atoms with Crippen molar-refractivity contribution < 1.29 is 9.53 Å². The molecule has 0 saturated carbocycles. The van der Waals surface area contributed by atoms with Crippen LogP contribution in [0.1, 0.15) is 60.4 Å². The van der Waals surface area contributed by atoms with Crippen molar-refractivity contribution in [1.29, 1.82) is 5.26 Å². The lowest BCUT2D eigenvalue weighted by atomic mass is 9.75. The van der Waals surface area contributed by atoms with Crippen LogP contribution >= 0.6 is 43.5 Å². The second kappa shape index (κ2) is 10.5. The Bertz CT molecular complexity index is 1170. The molecule has 0 bridgehead atoms. The van der Waals surface area contributed by atoms with Crippen molar-refractivity contribution in [3.8, 4) is 6.07 Å². The van der Waals surface area contributed by atoms with Crippen LogP contribution in [0.2, 0.25) is 5.02 Å². The number of fused-ring (bicyclic) bond motifs is 2. The molecule has 184 valence electrons. The van der Waals surface area contributed by atoms with E-state index in [0.29, 0.717) is 51.5 Å². The minimum atomic E-state index is -0.577. The Hall–Kier alpha value is -1.46. The second-order valence-corrected chi connectivity index (χ2v) is 12.2. The molecule has 2 aromatic rings. The van der Waals surface area contributed by atoms with Gasteiger partial charge in [-0.15, -0.1) is 0 Å². The normalized spacial score (nSPS) is 22.0. The molecule has 2 fully saturated rings. The van der Waals surface area contributed by atoms with Crippen LogP contribution in [0.25, 0.3) is 0 Å². The number of pyridine rings is 1. The maximum absolute atomic E-state index is 13.2. The molecule has 8 heteroatoms. The van der Waals surface area contributed by atoms with Crippen LogP contribution in [-0.2, 0) is 22.4 Å². The maximum atomic E-state index is 13.2. The molecule has 3 aliphatic rings. The number of piperidine rings is 1.